The van der Waals surface area contributed by atoms with Gasteiger partial charge in [0.1, 0.15) is 6.17 Å². The van der Waals surface area contributed by atoms with E-state index in [9.17, 15) is 4.39 Å². The summed E-state index contributed by atoms with van der Waals surface area (Å²) in [6, 6.07) is 0. The molecule has 0 aliphatic heterocycles. The molecule has 0 spiro atoms. The highest BCUT2D eigenvalue weighted by molar-refractivity contribution is 4.82. The molecule has 0 saturated heterocycles. The van der Waals surface area contributed by atoms with Gasteiger partial charge in [0.05, 0.1) is 0 Å². The number of hydrogen-bond acceptors (Lipinski definition) is 1. The summed E-state index contributed by atoms with van der Waals surface area (Å²) in [5.74, 6) is 0.648. The zero-order chi connectivity index (χ0) is 6.85. The second kappa shape index (κ2) is 2.65. The Hall–Kier alpha value is -0.110. The summed E-state index contributed by atoms with van der Waals surface area (Å²) in [7, 11) is 0. The van der Waals surface area contributed by atoms with E-state index in [0.717, 1.165) is 12.8 Å². The van der Waals surface area contributed by atoms with E-state index < -0.39 is 6.17 Å². The minimum Gasteiger partial charge on any atom is -0.330 e. The normalized spacial score (nSPS) is 43.7. The molecule has 1 nitrogen and oxygen atoms in total. The fourth-order valence-electron chi connectivity index (χ4n) is 1.59. The molecule has 0 unspecified atom stereocenters. The van der Waals surface area contributed by atoms with Crippen molar-refractivity contribution in [3.05, 3.63) is 0 Å². The molecule has 9 heavy (non-hydrogen) atoms. The Bertz CT molecular complexity index is 84.9. The lowest BCUT2D eigenvalue weighted by Crippen LogP contribution is -2.23. The summed E-state index contributed by atoms with van der Waals surface area (Å²) in [5, 5.41) is 0. The molecule has 0 aromatic rings. The third-order valence-corrected chi connectivity index (χ3v) is 2.37. The number of rotatable bonds is 1. The number of hydrogen-bond donors (Lipinski definition) is 1. The molecular formula is C7H14FN. The van der Waals surface area contributed by atoms with Gasteiger partial charge in [0.25, 0.3) is 0 Å². The summed E-state index contributed by atoms with van der Waals surface area (Å²) in [6.45, 7) is 2.60. The van der Waals surface area contributed by atoms with Crippen LogP contribution < -0.4 is 5.73 Å². The van der Waals surface area contributed by atoms with Gasteiger partial charge in [-0.2, -0.15) is 0 Å². The van der Waals surface area contributed by atoms with Crippen molar-refractivity contribution in [1.82, 2.24) is 0 Å². The van der Waals surface area contributed by atoms with Crippen LogP contribution in [0.2, 0.25) is 0 Å². The highest BCUT2D eigenvalue weighted by Gasteiger charge is 2.31. The predicted molar refractivity (Wildman–Crippen MR) is 35.8 cm³/mol. The van der Waals surface area contributed by atoms with E-state index in [1.54, 1.807) is 0 Å². The van der Waals surface area contributed by atoms with E-state index in [1.807, 2.05) is 0 Å². The second-order valence-electron chi connectivity index (χ2n) is 2.97. The molecule has 0 aromatic heterocycles. The Morgan fingerprint density at radius 3 is 2.44 bits per heavy atom. The van der Waals surface area contributed by atoms with Crippen LogP contribution in [-0.2, 0) is 0 Å². The number of alkyl halides is 1. The zero-order valence-corrected chi connectivity index (χ0v) is 5.81. The van der Waals surface area contributed by atoms with Gasteiger partial charge in [0.15, 0.2) is 0 Å². The van der Waals surface area contributed by atoms with Crippen LogP contribution >= 0.6 is 0 Å². The van der Waals surface area contributed by atoms with Crippen LogP contribution in [0.25, 0.3) is 0 Å². The summed E-state index contributed by atoms with van der Waals surface area (Å²) in [4.78, 5) is 0. The second-order valence-corrected chi connectivity index (χ2v) is 2.97. The first-order valence-electron chi connectivity index (χ1n) is 3.60. The maximum Gasteiger partial charge on any atom is 0.104 e. The Balaban J connectivity index is 2.44. The summed E-state index contributed by atoms with van der Waals surface area (Å²) >= 11 is 0. The molecule has 0 heterocycles. The maximum atomic E-state index is 12.8. The Morgan fingerprint density at radius 2 is 2.22 bits per heavy atom. The summed E-state index contributed by atoms with van der Waals surface area (Å²) < 4.78 is 12.8. The molecule has 1 aliphatic rings. The molecular weight excluding hydrogens is 117 g/mol. The van der Waals surface area contributed by atoms with E-state index in [0.29, 0.717) is 12.5 Å². The monoisotopic (exact) mass is 131 g/mol. The lowest BCUT2D eigenvalue weighted by Gasteiger charge is -2.13. The van der Waals surface area contributed by atoms with E-state index in [1.165, 1.54) is 0 Å². The summed E-state index contributed by atoms with van der Waals surface area (Å²) in [6.07, 6.45) is 1.12. The van der Waals surface area contributed by atoms with Gasteiger partial charge in [-0.25, -0.2) is 4.39 Å². The van der Waals surface area contributed by atoms with E-state index in [2.05, 4.69) is 6.92 Å². The van der Waals surface area contributed by atoms with Gasteiger partial charge >= 0.3 is 0 Å². The third kappa shape index (κ3) is 1.23. The van der Waals surface area contributed by atoms with Crippen molar-refractivity contribution in [3.63, 3.8) is 0 Å². The van der Waals surface area contributed by atoms with Gasteiger partial charge in [-0.3, -0.25) is 0 Å². The zero-order valence-electron chi connectivity index (χ0n) is 5.81. The molecule has 2 heteroatoms. The van der Waals surface area contributed by atoms with Crippen LogP contribution in [0.4, 0.5) is 4.39 Å². The highest BCUT2D eigenvalue weighted by Crippen LogP contribution is 2.32. The van der Waals surface area contributed by atoms with E-state index >= 15 is 0 Å². The van der Waals surface area contributed by atoms with Crippen molar-refractivity contribution in [2.75, 3.05) is 6.54 Å². The van der Waals surface area contributed by atoms with Gasteiger partial charge in [0, 0.05) is 5.92 Å². The van der Waals surface area contributed by atoms with E-state index in [-0.39, 0.29) is 5.92 Å². The number of nitrogens with two attached hydrogens (primary N) is 1. The topological polar surface area (TPSA) is 26.0 Å². The van der Waals surface area contributed by atoms with Crippen molar-refractivity contribution < 1.29 is 4.39 Å². The highest BCUT2D eigenvalue weighted by atomic mass is 19.1. The van der Waals surface area contributed by atoms with E-state index in [4.69, 9.17) is 5.73 Å². The molecule has 1 fully saturated rings. The molecule has 0 radical (unpaired) electrons. The summed E-state index contributed by atoms with van der Waals surface area (Å²) in [5.41, 5.74) is 5.37. The SMILES string of the molecule is C[C@@H]1CC[C@H](F)[C@@H]1CN. The fraction of sp³-hybridized carbons (Fsp3) is 1.00. The molecule has 1 saturated carbocycles. The average Bonchev–Trinajstić information content (AvgIpc) is 2.12. The van der Waals surface area contributed by atoms with Crippen molar-refractivity contribution in [3.8, 4) is 0 Å². The Kier molecular flexibility index (Phi) is 2.06. The van der Waals surface area contributed by atoms with Gasteiger partial charge in [-0.05, 0) is 25.3 Å². The van der Waals surface area contributed by atoms with Crippen LogP contribution in [-0.4, -0.2) is 12.7 Å². The van der Waals surface area contributed by atoms with Gasteiger partial charge in [-0.1, -0.05) is 6.92 Å². The number of halogens is 1. The lowest BCUT2D eigenvalue weighted by molar-refractivity contribution is 0.242. The van der Waals surface area contributed by atoms with Gasteiger partial charge in [-0.15, -0.1) is 0 Å². The van der Waals surface area contributed by atoms with Crippen LogP contribution in [0.5, 0.6) is 0 Å². The van der Waals surface area contributed by atoms with Gasteiger partial charge < -0.3 is 5.73 Å². The molecule has 1 rings (SSSR count). The Labute approximate surface area is 55.4 Å². The molecule has 0 bridgehead atoms. The fourth-order valence-corrected chi connectivity index (χ4v) is 1.59. The van der Waals surface area contributed by atoms with Crippen LogP contribution in [0.1, 0.15) is 19.8 Å². The molecule has 0 amide bonds. The van der Waals surface area contributed by atoms with Crippen molar-refractivity contribution in [2.24, 2.45) is 17.6 Å². The van der Waals surface area contributed by atoms with Crippen LogP contribution in [0.3, 0.4) is 0 Å². The quantitative estimate of drug-likeness (QED) is 0.570. The predicted octanol–water partition coefficient (Wildman–Crippen LogP) is 1.33. The first kappa shape index (κ1) is 7.00. The molecule has 3 atom stereocenters. The molecule has 2 N–H and O–H groups in total. The minimum atomic E-state index is -0.620. The third-order valence-electron chi connectivity index (χ3n) is 2.37. The van der Waals surface area contributed by atoms with Gasteiger partial charge in [0.2, 0.25) is 0 Å². The average molecular weight is 131 g/mol. The van der Waals surface area contributed by atoms with Crippen molar-refractivity contribution in [2.45, 2.75) is 25.9 Å². The molecule has 0 aromatic carbocycles. The lowest BCUT2D eigenvalue weighted by atomic mass is 9.98. The Morgan fingerprint density at radius 1 is 1.56 bits per heavy atom. The smallest absolute Gasteiger partial charge is 0.104 e. The van der Waals surface area contributed by atoms with Crippen molar-refractivity contribution >= 4 is 0 Å². The first-order valence-corrected chi connectivity index (χ1v) is 3.60. The van der Waals surface area contributed by atoms with Crippen LogP contribution in [0.15, 0.2) is 0 Å². The minimum absolute atomic E-state index is 0.144. The van der Waals surface area contributed by atoms with Crippen molar-refractivity contribution in [1.29, 1.82) is 0 Å². The van der Waals surface area contributed by atoms with Crippen LogP contribution in [0, 0.1) is 11.8 Å². The molecule has 54 valence electrons. The first-order chi connectivity index (χ1) is 4.25. The largest absolute Gasteiger partial charge is 0.330 e. The maximum absolute atomic E-state index is 12.8. The standard InChI is InChI=1S/C7H14FN/c1-5-2-3-7(8)6(5)4-9/h5-7H,2-4,9H2,1H3/t5-,6-,7+/m1/s1. The molecule has 1 aliphatic carbocycles.